The number of halogens is 1. The van der Waals surface area contributed by atoms with E-state index in [0.29, 0.717) is 17.3 Å². The zero-order valence-electron chi connectivity index (χ0n) is 8.61. The second kappa shape index (κ2) is 4.77. The van der Waals surface area contributed by atoms with E-state index in [-0.39, 0.29) is 0 Å². The molecule has 0 amide bonds. The Kier molecular flexibility index (Phi) is 3.38. The van der Waals surface area contributed by atoms with Crippen LogP contribution in [0.25, 0.3) is 0 Å². The van der Waals surface area contributed by atoms with E-state index in [1.54, 1.807) is 6.07 Å². The Balaban J connectivity index is 1.96. The van der Waals surface area contributed by atoms with Gasteiger partial charge in [-0.15, -0.1) is 0 Å². The van der Waals surface area contributed by atoms with Crippen molar-refractivity contribution in [1.29, 1.82) is 0 Å². The molecule has 2 unspecified atom stereocenters. The minimum absolute atomic E-state index is 0.313. The van der Waals surface area contributed by atoms with Crippen molar-refractivity contribution in [2.24, 2.45) is 0 Å². The van der Waals surface area contributed by atoms with Gasteiger partial charge in [-0.2, -0.15) is 0 Å². The van der Waals surface area contributed by atoms with E-state index in [2.05, 4.69) is 22.2 Å². The molecule has 1 saturated heterocycles. The van der Waals surface area contributed by atoms with Crippen LogP contribution in [0.1, 0.15) is 19.8 Å². The molecule has 1 aliphatic heterocycles. The molecular weight excluding hydrogens is 214 g/mol. The molecule has 0 spiro atoms. The van der Waals surface area contributed by atoms with E-state index in [9.17, 15) is 0 Å². The highest BCUT2D eigenvalue weighted by Crippen LogP contribution is 2.18. The van der Waals surface area contributed by atoms with Gasteiger partial charge in [0.25, 0.3) is 0 Å². The highest BCUT2D eigenvalue weighted by atomic mass is 35.5. The summed E-state index contributed by atoms with van der Waals surface area (Å²) in [5, 5.41) is 3.80. The number of hydrogen-bond donors (Lipinski definition) is 1. The Labute approximate surface area is 94.0 Å². The molecule has 0 saturated carbocycles. The lowest BCUT2D eigenvalue weighted by Crippen LogP contribution is -2.32. The summed E-state index contributed by atoms with van der Waals surface area (Å²) in [6.45, 7) is 2.89. The molecule has 1 aromatic heterocycles. The van der Waals surface area contributed by atoms with Crippen LogP contribution in [-0.4, -0.2) is 28.7 Å². The molecule has 1 N–H and O–H groups in total. The van der Waals surface area contributed by atoms with Gasteiger partial charge in [-0.25, -0.2) is 9.97 Å². The van der Waals surface area contributed by atoms with Crippen LogP contribution in [0, 0.1) is 0 Å². The molecular formula is C10H14ClN3O. The average Bonchev–Trinajstić information content (AvgIpc) is 2.17. The van der Waals surface area contributed by atoms with E-state index in [0.717, 1.165) is 25.3 Å². The summed E-state index contributed by atoms with van der Waals surface area (Å²) < 4.78 is 5.47. The van der Waals surface area contributed by atoms with Crippen molar-refractivity contribution >= 4 is 17.4 Å². The molecule has 15 heavy (non-hydrogen) atoms. The number of ether oxygens (including phenoxy) is 1. The van der Waals surface area contributed by atoms with Crippen molar-refractivity contribution in [1.82, 2.24) is 9.97 Å². The highest BCUT2D eigenvalue weighted by molar-refractivity contribution is 6.29. The highest BCUT2D eigenvalue weighted by Gasteiger charge is 2.19. The lowest BCUT2D eigenvalue weighted by Gasteiger charge is -2.28. The van der Waals surface area contributed by atoms with Crippen molar-refractivity contribution in [3.63, 3.8) is 0 Å². The molecule has 2 atom stereocenters. The molecule has 5 heteroatoms. The van der Waals surface area contributed by atoms with E-state index < -0.39 is 0 Å². The number of hydrogen-bond acceptors (Lipinski definition) is 4. The summed E-state index contributed by atoms with van der Waals surface area (Å²) in [5.41, 5.74) is 0. The third-order valence-corrected chi connectivity index (χ3v) is 2.68. The largest absolute Gasteiger partial charge is 0.378 e. The van der Waals surface area contributed by atoms with Gasteiger partial charge in [0, 0.05) is 18.7 Å². The van der Waals surface area contributed by atoms with Gasteiger partial charge in [-0.3, -0.25) is 0 Å². The second-order valence-corrected chi connectivity index (χ2v) is 4.16. The standard InChI is InChI=1S/C10H14ClN3O/c1-7-4-8(2-3-15-7)14-10-5-9(11)12-6-13-10/h5-8H,2-4H2,1H3,(H,12,13,14). The number of nitrogens with one attached hydrogen (secondary N) is 1. The van der Waals surface area contributed by atoms with Crippen molar-refractivity contribution < 1.29 is 4.74 Å². The van der Waals surface area contributed by atoms with Crippen LogP contribution in [-0.2, 0) is 4.74 Å². The number of rotatable bonds is 2. The number of aromatic nitrogens is 2. The van der Waals surface area contributed by atoms with Gasteiger partial charge < -0.3 is 10.1 Å². The molecule has 82 valence electrons. The first-order valence-corrected chi connectivity index (χ1v) is 5.47. The van der Waals surface area contributed by atoms with Crippen LogP contribution < -0.4 is 5.32 Å². The third kappa shape index (κ3) is 3.04. The zero-order valence-corrected chi connectivity index (χ0v) is 9.37. The number of anilines is 1. The molecule has 0 bridgehead atoms. The smallest absolute Gasteiger partial charge is 0.134 e. The number of nitrogens with zero attached hydrogens (tertiary/aromatic N) is 2. The first-order chi connectivity index (χ1) is 7.24. The minimum atomic E-state index is 0.313. The van der Waals surface area contributed by atoms with Gasteiger partial charge in [-0.1, -0.05) is 11.6 Å². The van der Waals surface area contributed by atoms with Gasteiger partial charge in [0.15, 0.2) is 0 Å². The normalized spacial score (nSPS) is 26.3. The van der Waals surface area contributed by atoms with Gasteiger partial charge in [0.05, 0.1) is 6.10 Å². The summed E-state index contributed by atoms with van der Waals surface area (Å²) in [4.78, 5) is 7.95. The van der Waals surface area contributed by atoms with Crippen molar-refractivity contribution in [2.75, 3.05) is 11.9 Å². The molecule has 0 aromatic carbocycles. The molecule has 1 fully saturated rings. The van der Waals surface area contributed by atoms with Crippen LogP contribution in [0.4, 0.5) is 5.82 Å². The quantitative estimate of drug-likeness (QED) is 0.787. The minimum Gasteiger partial charge on any atom is -0.378 e. The topological polar surface area (TPSA) is 47.0 Å². The molecule has 2 heterocycles. The van der Waals surface area contributed by atoms with Gasteiger partial charge in [0.1, 0.15) is 17.3 Å². The van der Waals surface area contributed by atoms with E-state index in [4.69, 9.17) is 16.3 Å². The van der Waals surface area contributed by atoms with Crippen LogP contribution >= 0.6 is 11.6 Å². The van der Waals surface area contributed by atoms with Crippen molar-refractivity contribution in [3.05, 3.63) is 17.5 Å². The van der Waals surface area contributed by atoms with Gasteiger partial charge in [-0.05, 0) is 19.8 Å². The summed E-state index contributed by atoms with van der Waals surface area (Å²) in [7, 11) is 0. The molecule has 0 radical (unpaired) electrons. The monoisotopic (exact) mass is 227 g/mol. The molecule has 2 rings (SSSR count). The first kappa shape index (κ1) is 10.6. The van der Waals surface area contributed by atoms with Crippen molar-refractivity contribution in [3.8, 4) is 0 Å². The Morgan fingerprint density at radius 3 is 3.13 bits per heavy atom. The Hall–Kier alpha value is -0.870. The first-order valence-electron chi connectivity index (χ1n) is 5.10. The lowest BCUT2D eigenvalue weighted by atomic mass is 10.0. The molecule has 4 nitrogen and oxygen atoms in total. The Bertz CT molecular complexity index is 334. The van der Waals surface area contributed by atoms with Gasteiger partial charge in [0.2, 0.25) is 0 Å². The Morgan fingerprint density at radius 2 is 2.40 bits per heavy atom. The Morgan fingerprint density at radius 1 is 1.53 bits per heavy atom. The summed E-state index contributed by atoms with van der Waals surface area (Å²) in [6, 6.07) is 2.15. The fourth-order valence-electron chi connectivity index (χ4n) is 1.75. The maximum absolute atomic E-state index is 5.78. The predicted octanol–water partition coefficient (Wildman–Crippen LogP) is 2.11. The van der Waals surface area contributed by atoms with Crippen LogP contribution in [0.3, 0.4) is 0 Å². The molecule has 0 aliphatic carbocycles. The fourth-order valence-corrected chi connectivity index (χ4v) is 1.90. The zero-order chi connectivity index (χ0) is 10.7. The lowest BCUT2D eigenvalue weighted by molar-refractivity contribution is 0.0232. The third-order valence-electron chi connectivity index (χ3n) is 2.47. The summed E-state index contributed by atoms with van der Waals surface area (Å²) in [5.74, 6) is 0.786. The summed E-state index contributed by atoms with van der Waals surface area (Å²) >= 11 is 5.78. The molecule has 1 aliphatic rings. The van der Waals surface area contributed by atoms with Crippen LogP contribution in [0.5, 0.6) is 0 Å². The average molecular weight is 228 g/mol. The predicted molar refractivity (Wildman–Crippen MR) is 59.1 cm³/mol. The van der Waals surface area contributed by atoms with E-state index >= 15 is 0 Å². The maximum Gasteiger partial charge on any atom is 0.134 e. The molecule has 1 aromatic rings. The van der Waals surface area contributed by atoms with Gasteiger partial charge >= 0.3 is 0 Å². The van der Waals surface area contributed by atoms with Crippen LogP contribution in [0.15, 0.2) is 12.4 Å². The summed E-state index contributed by atoms with van der Waals surface area (Å²) in [6.07, 6.45) is 3.79. The second-order valence-electron chi connectivity index (χ2n) is 3.77. The maximum atomic E-state index is 5.78. The fraction of sp³-hybridized carbons (Fsp3) is 0.600. The van der Waals surface area contributed by atoms with E-state index in [1.165, 1.54) is 6.33 Å². The van der Waals surface area contributed by atoms with E-state index in [1.807, 2.05) is 0 Å². The van der Waals surface area contributed by atoms with Crippen LogP contribution in [0.2, 0.25) is 5.15 Å². The van der Waals surface area contributed by atoms with Crippen molar-refractivity contribution in [2.45, 2.75) is 31.9 Å². The SMILES string of the molecule is CC1CC(Nc2cc(Cl)ncn2)CCO1.